The van der Waals surface area contributed by atoms with Crippen LogP contribution in [0.15, 0.2) is 18.5 Å². The fourth-order valence-corrected chi connectivity index (χ4v) is 0.840. The molecular formula is C8H6N3+. The third kappa shape index (κ3) is 1.53. The summed E-state index contributed by atoms with van der Waals surface area (Å²) < 4.78 is 1.69. The van der Waals surface area contributed by atoms with E-state index in [4.69, 9.17) is 10.5 Å². The van der Waals surface area contributed by atoms with E-state index in [2.05, 4.69) is 0 Å². The minimum absolute atomic E-state index is 0.506. The molecule has 0 N–H and O–H groups in total. The number of rotatable bonds is 0. The van der Waals surface area contributed by atoms with Gasteiger partial charge in [0.15, 0.2) is 12.4 Å². The Kier molecular flexibility index (Phi) is 1.85. The van der Waals surface area contributed by atoms with Gasteiger partial charge in [0.25, 0.3) is 0 Å². The quantitative estimate of drug-likeness (QED) is 0.490. The van der Waals surface area contributed by atoms with Crippen LogP contribution >= 0.6 is 0 Å². The second-order valence-corrected chi connectivity index (χ2v) is 2.20. The Morgan fingerprint density at radius 3 is 2.00 bits per heavy atom. The second kappa shape index (κ2) is 2.81. The van der Waals surface area contributed by atoms with Gasteiger partial charge in [-0.05, 0) is 6.07 Å². The number of nitriles is 2. The molecule has 3 nitrogen and oxygen atoms in total. The first-order valence-electron chi connectivity index (χ1n) is 3.07. The van der Waals surface area contributed by atoms with Crippen LogP contribution in [0, 0.1) is 22.7 Å². The van der Waals surface area contributed by atoms with Gasteiger partial charge in [0, 0.05) is 0 Å². The smallest absolute Gasteiger partial charge is 0.186 e. The van der Waals surface area contributed by atoms with Crippen molar-refractivity contribution in [2.45, 2.75) is 0 Å². The van der Waals surface area contributed by atoms with Crippen molar-refractivity contribution >= 4 is 0 Å². The van der Waals surface area contributed by atoms with Crippen molar-refractivity contribution in [2.24, 2.45) is 7.05 Å². The van der Waals surface area contributed by atoms with Gasteiger partial charge in [0.2, 0.25) is 0 Å². The van der Waals surface area contributed by atoms with E-state index in [-0.39, 0.29) is 0 Å². The predicted octanol–water partition coefficient (Wildman–Crippen LogP) is 0.254. The highest BCUT2D eigenvalue weighted by atomic mass is 14.9. The topological polar surface area (TPSA) is 51.5 Å². The minimum atomic E-state index is 0.506. The van der Waals surface area contributed by atoms with E-state index in [0.29, 0.717) is 11.1 Å². The third-order valence-corrected chi connectivity index (χ3v) is 1.25. The van der Waals surface area contributed by atoms with Gasteiger partial charge in [-0.1, -0.05) is 0 Å². The normalized spacial score (nSPS) is 8.27. The zero-order valence-electron chi connectivity index (χ0n) is 6.07. The van der Waals surface area contributed by atoms with Gasteiger partial charge >= 0.3 is 0 Å². The summed E-state index contributed by atoms with van der Waals surface area (Å²) in [6.07, 6.45) is 3.34. The molecule has 0 saturated carbocycles. The zero-order chi connectivity index (χ0) is 8.27. The molecule has 0 aliphatic carbocycles. The van der Waals surface area contributed by atoms with Crippen molar-refractivity contribution in [1.82, 2.24) is 0 Å². The standard InChI is InChI=1S/C8H6N3/c1-11-5-7(3-9)2-8(4-10)6-11/h2,5-6H,1H3/q+1. The maximum atomic E-state index is 8.51. The molecule has 0 atom stereocenters. The first-order chi connectivity index (χ1) is 5.26. The lowest BCUT2D eigenvalue weighted by Crippen LogP contribution is -2.27. The number of hydrogen-bond donors (Lipinski definition) is 0. The average Bonchev–Trinajstić information content (AvgIpc) is 2.03. The summed E-state index contributed by atoms with van der Waals surface area (Å²) in [5.74, 6) is 0. The molecule has 0 aliphatic heterocycles. The fourth-order valence-electron chi connectivity index (χ4n) is 0.840. The van der Waals surface area contributed by atoms with Gasteiger partial charge in [-0.3, -0.25) is 0 Å². The van der Waals surface area contributed by atoms with Crippen LogP contribution < -0.4 is 4.57 Å². The van der Waals surface area contributed by atoms with Gasteiger partial charge in [-0.2, -0.15) is 10.5 Å². The Labute approximate surface area is 64.7 Å². The highest BCUT2D eigenvalue weighted by Crippen LogP contribution is 1.96. The molecule has 0 radical (unpaired) electrons. The van der Waals surface area contributed by atoms with E-state index < -0.39 is 0 Å². The molecule has 0 spiro atoms. The summed E-state index contributed by atoms with van der Waals surface area (Å²) in [6, 6.07) is 5.50. The Hall–Kier alpha value is -1.87. The summed E-state index contributed by atoms with van der Waals surface area (Å²) in [7, 11) is 1.78. The summed E-state index contributed by atoms with van der Waals surface area (Å²) in [4.78, 5) is 0. The molecule has 0 aromatic carbocycles. The van der Waals surface area contributed by atoms with E-state index >= 15 is 0 Å². The molecule has 1 aromatic rings. The molecule has 3 heteroatoms. The number of aryl methyl sites for hydroxylation is 1. The molecule has 11 heavy (non-hydrogen) atoms. The van der Waals surface area contributed by atoms with Crippen LogP contribution in [0.25, 0.3) is 0 Å². The van der Waals surface area contributed by atoms with Crippen molar-refractivity contribution in [2.75, 3.05) is 0 Å². The summed E-state index contributed by atoms with van der Waals surface area (Å²) in [6.45, 7) is 0. The van der Waals surface area contributed by atoms with Gasteiger partial charge in [0.05, 0.1) is 0 Å². The molecule has 0 unspecified atom stereocenters. The van der Waals surface area contributed by atoms with Gasteiger partial charge in [-0.15, -0.1) is 0 Å². The van der Waals surface area contributed by atoms with E-state index in [1.807, 2.05) is 12.1 Å². The van der Waals surface area contributed by atoms with Crippen LogP contribution in [-0.4, -0.2) is 0 Å². The number of pyridine rings is 1. The molecule has 1 aromatic heterocycles. The van der Waals surface area contributed by atoms with E-state index in [1.54, 1.807) is 30.1 Å². The highest BCUT2D eigenvalue weighted by Gasteiger charge is 2.01. The summed E-state index contributed by atoms with van der Waals surface area (Å²) in [5, 5.41) is 17.0. The number of nitrogens with zero attached hydrogens (tertiary/aromatic N) is 3. The highest BCUT2D eigenvalue weighted by molar-refractivity contribution is 5.33. The van der Waals surface area contributed by atoms with Crippen LogP contribution in [0.4, 0.5) is 0 Å². The third-order valence-electron chi connectivity index (χ3n) is 1.25. The summed E-state index contributed by atoms with van der Waals surface area (Å²) in [5.41, 5.74) is 1.01. The minimum Gasteiger partial charge on any atom is -0.205 e. The Morgan fingerprint density at radius 1 is 1.18 bits per heavy atom. The Morgan fingerprint density at radius 2 is 1.64 bits per heavy atom. The van der Waals surface area contributed by atoms with Crippen molar-refractivity contribution in [3.05, 3.63) is 29.6 Å². The van der Waals surface area contributed by atoms with Crippen LogP contribution in [0.3, 0.4) is 0 Å². The Balaban J connectivity index is 3.28. The molecule has 1 rings (SSSR count). The lowest BCUT2D eigenvalue weighted by molar-refractivity contribution is -0.671. The van der Waals surface area contributed by atoms with E-state index in [1.165, 1.54) is 0 Å². The number of aromatic nitrogens is 1. The monoisotopic (exact) mass is 144 g/mol. The molecule has 0 fully saturated rings. The fraction of sp³-hybridized carbons (Fsp3) is 0.125. The van der Waals surface area contributed by atoms with Crippen molar-refractivity contribution in [3.63, 3.8) is 0 Å². The molecule has 0 saturated heterocycles. The van der Waals surface area contributed by atoms with Gasteiger partial charge in [0.1, 0.15) is 30.3 Å². The van der Waals surface area contributed by atoms with Gasteiger partial charge < -0.3 is 0 Å². The SMILES string of the molecule is C[n+]1cc(C#N)cc(C#N)c1. The first kappa shape index (κ1) is 7.24. The van der Waals surface area contributed by atoms with Crippen molar-refractivity contribution < 1.29 is 4.57 Å². The molecule has 52 valence electrons. The lowest BCUT2D eigenvalue weighted by Gasteiger charge is -1.88. The molecule has 0 bridgehead atoms. The van der Waals surface area contributed by atoms with Crippen LogP contribution in [-0.2, 0) is 7.05 Å². The van der Waals surface area contributed by atoms with E-state index in [9.17, 15) is 0 Å². The van der Waals surface area contributed by atoms with Crippen molar-refractivity contribution in [1.29, 1.82) is 10.5 Å². The van der Waals surface area contributed by atoms with Crippen molar-refractivity contribution in [3.8, 4) is 12.1 Å². The van der Waals surface area contributed by atoms with Gasteiger partial charge in [-0.25, -0.2) is 4.57 Å². The average molecular weight is 144 g/mol. The second-order valence-electron chi connectivity index (χ2n) is 2.20. The van der Waals surface area contributed by atoms with Crippen LogP contribution in [0.1, 0.15) is 11.1 Å². The van der Waals surface area contributed by atoms with Crippen LogP contribution in [0.2, 0.25) is 0 Å². The molecular weight excluding hydrogens is 138 g/mol. The maximum Gasteiger partial charge on any atom is 0.186 e. The van der Waals surface area contributed by atoms with Crippen LogP contribution in [0.5, 0.6) is 0 Å². The lowest BCUT2D eigenvalue weighted by atomic mass is 10.2. The molecule has 0 aliphatic rings. The zero-order valence-corrected chi connectivity index (χ0v) is 6.07. The summed E-state index contributed by atoms with van der Waals surface area (Å²) >= 11 is 0. The predicted molar refractivity (Wildman–Crippen MR) is 37.0 cm³/mol. The number of hydrogen-bond acceptors (Lipinski definition) is 2. The largest absolute Gasteiger partial charge is 0.205 e. The Bertz CT molecular complexity index is 322. The maximum absolute atomic E-state index is 8.51. The van der Waals surface area contributed by atoms with E-state index in [0.717, 1.165) is 0 Å². The molecule has 1 heterocycles. The molecule has 0 amide bonds. The first-order valence-corrected chi connectivity index (χ1v) is 3.07.